The molecule has 1 N–H and O–H groups in total. The van der Waals surface area contributed by atoms with E-state index < -0.39 is 10.0 Å². The Balaban J connectivity index is 1.86. The molecule has 2 aromatic heterocycles. The van der Waals surface area contributed by atoms with E-state index >= 15 is 0 Å². The predicted molar refractivity (Wildman–Crippen MR) is 124 cm³/mol. The van der Waals surface area contributed by atoms with Gasteiger partial charge in [-0.25, -0.2) is 13.4 Å². The number of hydrogen-bond acceptors (Lipinski definition) is 6. The van der Waals surface area contributed by atoms with E-state index in [4.69, 9.17) is 0 Å². The van der Waals surface area contributed by atoms with Crippen LogP contribution in [0.1, 0.15) is 55.0 Å². The van der Waals surface area contributed by atoms with Crippen molar-refractivity contribution in [3.8, 4) is 0 Å². The molecular weight excluding hydrogens is 432 g/mol. The minimum atomic E-state index is -3.79. The molecule has 1 amide bonds. The molecule has 0 spiro atoms. The summed E-state index contributed by atoms with van der Waals surface area (Å²) in [6.45, 7) is 5.18. The van der Waals surface area contributed by atoms with Gasteiger partial charge in [0.25, 0.3) is 5.91 Å². The van der Waals surface area contributed by atoms with Crippen LogP contribution in [-0.4, -0.2) is 41.7 Å². The summed E-state index contributed by atoms with van der Waals surface area (Å²) in [6.07, 6.45) is 5.10. The second-order valence-corrected chi connectivity index (χ2v) is 10.1. The third kappa shape index (κ3) is 5.66. The molecule has 166 valence electrons. The fraction of sp³-hybridized carbons (Fsp3) is 0.409. The van der Waals surface area contributed by atoms with Crippen LogP contribution in [-0.2, 0) is 16.6 Å². The first-order valence-electron chi connectivity index (χ1n) is 10.5. The molecule has 0 bridgehead atoms. The highest BCUT2D eigenvalue weighted by atomic mass is 32.2. The Labute approximate surface area is 187 Å². The van der Waals surface area contributed by atoms with Gasteiger partial charge in [-0.05, 0) is 25.0 Å². The quantitative estimate of drug-likeness (QED) is 0.433. The zero-order chi connectivity index (χ0) is 22.3. The fourth-order valence-electron chi connectivity index (χ4n) is 3.15. The molecule has 0 unspecified atom stereocenters. The van der Waals surface area contributed by atoms with E-state index in [2.05, 4.69) is 22.2 Å². The Hall–Kier alpha value is -2.36. The van der Waals surface area contributed by atoms with Crippen molar-refractivity contribution in [2.45, 2.75) is 51.0 Å². The summed E-state index contributed by atoms with van der Waals surface area (Å²) in [5, 5.41) is 5.89. The number of para-hydroxylation sites is 1. The second-order valence-electron chi connectivity index (χ2n) is 7.26. The average Bonchev–Trinajstić information content (AvgIpc) is 3.25. The first-order chi connectivity index (χ1) is 15.0. The van der Waals surface area contributed by atoms with Crippen molar-refractivity contribution in [1.29, 1.82) is 0 Å². The molecule has 0 aliphatic carbocycles. The van der Waals surface area contributed by atoms with Gasteiger partial charge in [-0.15, -0.1) is 11.3 Å². The molecule has 7 nitrogen and oxygen atoms in total. The van der Waals surface area contributed by atoms with Gasteiger partial charge in [-0.2, -0.15) is 4.31 Å². The van der Waals surface area contributed by atoms with E-state index in [1.165, 1.54) is 15.6 Å². The molecule has 31 heavy (non-hydrogen) atoms. The lowest BCUT2D eigenvalue weighted by atomic mass is 10.2. The minimum absolute atomic E-state index is 0.123. The number of fused-ring (bicyclic) bond motifs is 1. The number of rotatable bonds is 11. The smallest absolute Gasteiger partial charge is 0.270 e. The van der Waals surface area contributed by atoms with E-state index in [-0.39, 0.29) is 17.3 Å². The van der Waals surface area contributed by atoms with Gasteiger partial charge in [0.05, 0.1) is 12.1 Å². The van der Waals surface area contributed by atoms with Crippen LogP contribution in [0.5, 0.6) is 0 Å². The van der Waals surface area contributed by atoms with Crippen LogP contribution in [0.2, 0.25) is 0 Å². The second kappa shape index (κ2) is 10.8. The summed E-state index contributed by atoms with van der Waals surface area (Å²) < 4.78 is 28.6. The van der Waals surface area contributed by atoms with E-state index in [1.807, 2.05) is 19.1 Å². The Morgan fingerprint density at radius 3 is 2.68 bits per heavy atom. The highest BCUT2D eigenvalue weighted by Crippen LogP contribution is 2.26. The van der Waals surface area contributed by atoms with E-state index in [0.29, 0.717) is 29.3 Å². The van der Waals surface area contributed by atoms with Gasteiger partial charge in [0.2, 0.25) is 10.0 Å². The molecule has 3 aromatic rings. The summed E-state index contributed by atoms with van der Waals surface area (Å²) >= 11 is 1.30. The van der Waals surface area contributed by atoms with Gasteiger partial charge < -0.3 is 5.32 Å². The van der Waals surface area contributed by atoms with Crippen molar-refractivity contribution < 1.29 is 13.2 Å². The zero-order valence-electron chi connectivity index (χ0n) is 17.9. The summed E-state index contributed by atoms with van der Waals surface area (Å²) in [7, 11) is -3.79. The Bertz CT molecular complexity index is 1120. The number of nitrogens with zero attached hydrogens (tertiary/aromatic N) is 3. The van der Waals surface area contributed by atoms with Gasteiger partial charge in [-0.1, -0.05) is 44.9 Å². The average molecular weight is 461 g/mol. The summed E-state index contributed by atoms with van der Waals surface area (Å²) in [5.41, 5.74) is 0.789. The molecule has 1 aromatic carbocycles. The third-order valence-corrected chi connectivity index (χ3v) is 7.60. The first-order valence-corrected chi connectivity index (χ1v) is 12.9. The number of carbonyl (C=O) groups is 1. The van der Waals surface area contributed by atoms with Crippen LogP contribution in [0, 0.1) is 0 Å². The number of sulfonamides is 1. The first kappa shape index (κ1) is 23.3. The largest absolute Gasteiger partial charge is 0.351 e. The molecule has 9 heteroatoms. The van der Waals surface area contributed by atoms with Crippen LogP contribution in [0.3, 0.4) is 0 Å². The molecule has 0 fully saturated rings. The standard InChI is InChI=1S/C22H28N4O3S2/c1-3-5-12-24-22(27)18-16-30-20(25-18)15-26(14-6-4-2)31(28,29)19-11-7-9-17-10-8-13-23-21(17)19/h7-11,13,16H,3-6,12,14-15H2,1-2H3,(H,24,27). The van der Waals surface area contributed by atoms with Crippen LogP contribution in [0.25, 0.3) is 10.9 Å². The minimum Gasteiger partial charge on any atom is -0.351 e. The summed E-state index contributed by atoms with van der Waals surface area (Å²) in [4.78, 5) is 21.1. The SMILES string of the molecule is CCCCNC(=O)c1csc(CN(CCCC)S(=O)(=O)c2cccc3cccnc23)n1. The fourth-order valence-corrected chi connectivity index (χ4v) is 5.63. The third-order valence-electron chi connectivity index (χ3n) is 4.89. The van der Waals surface area contributed by atoms with Gasteiger partial charge in [0, 0.05) is 30.1 Å². The van der Waals surface area contributed by atoms with Crippen LogP contribution >= 0.6 is 11.3 Å². The number of benzene rings is 1. The molecule has 0 radical (unpaired) electrons. The van der Waals surface area contributed by atoms with Crippen molar-refractivity contribution in [2.24, 2.45) is 0 Å². The number of unbranched alkanes of at least 4 members (excludes halogenated alkanes) is 2. The van der Waals surface area contributed by atoms with Gasteiger partial charge in [0.15, 0.2) is 0 Å². The molecule has 3 rings (SSSR count). The highest BCUT2D eigenvalue weighted by molar-refractivity contribution is 7.89. The Kier molecular flexibility index (Phi) is 8.11. The zero-order valence-corrected chi connectivity index (χ0v) is 19.5. The van der Waals surface area contributed by atoms with Gasteiger partial charge in [0.1, 0.15) is 15.6 Å². The number of thiazole rings is 1. The molecule has 0 aliphatic heterocycles. The molecular formula is C22H28N4O3S2. The summed E-state index contributed by atoms with van der Waals surface area (Å²) in [6, 6.07) is 8.81. The van der Waals surface area contributed by atoms with E-state index in [0.717, 1.165) is 31.1 Å². The summed E-state index contributed by atoms with van der Waals surface area (Å²) in [5.74, 6) is -0.225. The van der Waals surface area contributed by atoms with E-state index in [1.54, 1.807) is 29.8 Å². The predicted octanol–water partition coefficient (Wildman–Crippen LogP) is 4.21. The van der Waals surface area contributed by atoms with Crippen LogP contribution < -0.4 is 5.32 Å². The van der Waals surface area contributed by atoms with Gasteiger partial charge >= 0.3 is 0 Å². The molecule has 0 saturated carbocycles. The maximum absolute atomic E-state index is 13.6. The van der Waals surface area contributed by atoms with Crippen LogP contribution in [0.4, 0.5) is 0 Å². The molecule has 0 atom stereocenters. The lowest BCUT2D eigenvalue weighted by molar-refractivity contribution is 0.0948. The maximum Gasteiger partial charge on any atom is 0.270 e. The number of amides is 1. The Morgan fingerprint density at radius 2 is 1.90 bits per heavy atom. The number of carbonyl (C=O) groups excluding carboxylic acids is 1. The van der Waals surface area contributed by atoms with Gasteiger partial charge in [-0.3, -0.25) is 9.78 Å². The lowest BCUT2D eigenvalue weighted by Gasteiger charge is -2.21. The van der Waals surface area contributed by atoms with E-state index in [9.17, 15) is 13.2 Å². The number of hydrogen-bond donors (Lipinski definition) is 1. The van der Waals surface area contributed by atoms with Crippen molar-refractivity contribution in [1.82, 2.24) is 19.6 Å². The van der Waals surface area contributed by atoms with Crippen molar-refractivity contribution in [3.05, 3.63) is 52.6 Å². The molecule has 0 aliphatic rings. The molecule has 2 heterocycles. The normalized spacial score (nSPS) is 11.8. The van der Waals surface area contributed by atoms with Crippen molar-refractivity contribution >= 4 is 38.2 Å². The number of pyridine rings is 1. The number of nitrogens with one attached hydrogen (secondary N) is 1. The highest BCUT2D eigenvalue weighted by Gasteiger charge is 2.28. The van der Waals surface area contributed by atoms with Crippen molar-refractivity contribution in [2.75, 3.05) is 13.1 Å². The maximum atomic E-state index is 13.6. The number of aromatic nitrogens is 2. The Morgan fingerprint density at radius 1 is 1.13 bits per heavy atom. The molecule has 0 saturated heterocycles. The topological polar surface area (TPSA) is 92.3 Å². The monoisotopic (exact) mass is 460 g/mol. The van der Waals surface area contributed by atoms with Crippen LogP contribution in [0.15, 0.2) is 46.8 Å². The van der Waals surface area contributed by atoms with Crippen molar-refractivity contribution in [3.63, 3.8) is 0 Å². The lowest BCUT2D eigenvalue weighted by Crippen LogP contribution is -2.32.